The summed E-state index contributed by atoms with van der Waals surface area (Å²) in [6, 6.07) is 12.3. The van der Waals surface area contributed by atoms with Crippen LogP contribution in [-0.4, -0.2) is 17.4 Å². The zero-order valence-corrected chi connectivity index (χ0v) is 14.9. The van der Waals surface area contributed by atoms with E-state index in [1.54, 1.807) is 12.1 Å². The number of amides is 1. The number of rotatable bonds is 7. The second kappa shape index (κ2) is 9.17. The van der Waals surface area contributed by atoms with Gasteiger partial charge in [0.05, 0.1) is 18.0 Å². The number of carbonyl (C=O) groups excluding carboxylic acids is 1. The van der Waals surface area contributed by atoms with Gasteiger partial charge in [0.15, 0.2) is 5.75 Å². The van der Waals surface area contributed by atoms with Crippen LogP contribution in [0.15, 0.2) is 42.5 Å². The zero-order valence-electron chi connectivity index (χ0n) is 14.1. The van der Waals surface area contributed by atoms with E-state index in [4.69, 9.17) is 4.74 Å². The smallest absolute Gasteiger partial charge is 0.310 e. The van der Waals surface area contributed by atoms with Crippen molar-refractivity contribution in [1.29, 1.82) is 0 Å². The average Bonchev–Trinajstić information content (AvgIpc) is 3.08. The summed E-state index contributed by atoms with van der Waals surface area (Å²) in [5.74, 6) is 0.0172. The van der Waals surface area contributed by atoms with Crippen LogP contribution in [0.1, 0.15) is 23.1 Å². The Morgan fingerprint density at radius 1 is 1.19 bits per heavy atom. The fraction of sp³-hybridized carbons (Fsp3) is 0.278. The average molecular weight is 378 g/mol. The van der Waals surface area contributed by atoms with Gasteiger partial charge in [-0.15, -0.1) is 12.4 Å². The molecule has 0 radical (unpaired) electrons. The van der Waals surface area contributed by atoms with Crippen LogP contribution < -0.4 is 15.4 Å². The van der Waals surface area contributed by atoms with E-state index in [1.165, 1.54) is 23.3 Å². The number of nitro benzene ring substituents is 1. The molecule has 1 aliphatic heterocycles. The number of nitrogens with one attached hydrogen (secondary N) is 2. The second-order valence-electron chi connectivity index (χ2n) is 5.81. The summed E-state index contributed by atoms with van der Waals surface area (Å²) in [5.41, 5.74) is 3.52. The number of nitro groups is 1. The van der Waals surface area contributed by atoms with Crippen molar-refractivity contribution in [2.75, 3.05) is 6.61 Å². The second-order valence-corrected chi connectivity index (χ2v) is 5.81. The van der Waals surface area contributed by atoms with E-state index in [-0.39, 0.29) is 42.8 Å². The molecule has 0 saturated carbocycles. The molecule has 0 spiro atoms. The summed E-state index contributed by atoms with van der Waals surface area (Å²) in [7, 11) is 0. The molecule has 0 saturated heterocycles. The van der Waals surface area contributed by atoms with Crippen LogP contribution in [0.25, 0.3) is 0 Å². The van der Waals surface area contributed by atoms with Crippen molar-refractivity contribution in [2.45, 2.75) is 26.1 Å². The first-order valence-corrected chi connectivity index (χ1v) is 8.08. The molecule has 0 aliphatic carbocycles. The molecule has 3 rings (SSSR count). The summed E-state index contributed by atoms with van der Waals surface area (Å²) in [6.45, 7) is 2.30. The number of benzene rings is 2. The third-order valence-corrected chi connectivity index (χ3v) is 4.04. The van der Waals surface area contributed by atoms with E-state index in [2.05, 4.69) is 22.8 Å². The Balaban J connectivity index is 0.00000243. The number of para-hydroxylation sites is 2. The molecule has 0 aromatic heterocycles. The quantitative estimate of drug-likeness (QED) is 0.571. The summed E-state index contributed by atoms with van der Waals surface area (Å²) in [6.07, 6.45) is 0.137. The predicted molar refractivity (Wildman–Crippen MR) is 99.3 cm³/mol. The topological polar surface area (TPSA) is 93.5 Å². The number of hydrogen-bond acceptors (Lipinski definition) is 5. The fourth-order valence-corrected chi connectivity index (χ4v) is 2.73. The molecule has 0 fully saturated rings. The third kappa shape index (κ3) is 4.93. The van der Waals surface area contributed by atoms with Crippen LogP contribution in [0.5, 0.6) is 5.75 Å². The van der Waals surface area contributed by atoms with Crippen molar-refractivity contribution in [2.24, 2.45) is 0 Å². The molecular formula is C18H20ClN3O4. The SMILES string of the molecule is Cl.O=C(CCOc1ccccc1[N+](=O)[O-])NCc1ccc2c(c1)CNC2. The Labute approximate surface area is 157 Å². The van der Waals surface area contributed by atoms with Gasteiger partial charge in [-0.1, -0.05) is 30.3 Å². The molecular weight excluding hydrogens is 358 g/mol. The van der Waals surface area contributed by atoms with Crippen molar-refractivity contribution in [1.82, 2.24) is 10.6 Å². The Hall–Kier alpha value is -2.64. The van der Waals surface area contributed by atoms with Crippen LogP contribution in [0.3, 0.4) is 0 Å². The summed E-state index contributed by atoms with van der Waals surface area (Å²) >= 11 is 0. The normalized spacial score (nSPS) is 12.0. The fourth-order valence-electron chi connectivity index (χ4n) is 2.73. The number of halogens is 1. The van der Waals surface area contributed by atoms with Crippen molar-refractivity contribution in [3.63, 3.8) is 0 Å². The number of fused-ring (bicyclic) bond motifs is 1. The minimum Gasteiger partial charge on any atom is -0.486 e. The number of nitrogens with zero attached hydrogens (tertiary/aromatic N) is 1. The molecule has 7 nitrogen and oxygen atoms in total. The Morgan fingerprint density at radius 3 is 2.77 bits per heavy atom. The van der Waals surface area contributed by atoms with Gasteiger partial charge in [-0.25, -0.2) is 0 Å². The number of carbonyl (C=O) groups is 1. The summed E-state index contributed by atoms with van der Waals surface area (Å²) < 4.78 is 5.37. The molecule has 1 heterocycles. The van der Waals surface area contributed by atoms with Gasteiger partial charge in [0.2, 0.25) is 5.91 Å². The molecule has 0 unspecified atom stereocenters. The maximum atomic E-state index is 11.9. The van der Waals surface area contributed by atoms with Gasteiger partial charge in [-0.3, -0.25) is 14.9 Å². The maximum Gasteiger partial charge on any atom is 0.310 e. The summed E-state index contributed by atoms with van der Waals surface area (Å²) in [5, 5.41) is 17.0. The van der Waals surface area contributed by atoms with Crippen LogP contribution in [-0.2, 0) is 24.4 Å². The highest BCUT2D eigenvalue weighted by molar-refractivity contribution is 5.85. The van der Waals surface area contributed by atoms with Gasteiger partial charge in [0, 0.05) is 25.7 Å². The summed E-state index contributed by atoms with van der Waals surface area (Å²) in [4.78, 5) is 22.3. The lowest BCUT2D eigenvalue weighted by atomic mass is 10.1. The monoisotopic (exact) mass is 377 g/mol. The van der Waals surface area contributed by atoms with E-state index in [9.17, 15) is 14.9 Å². The first-order chi connectivity index (χ1) is 12.1. The molecule has 0 atom stereocenters. The largest absolute Gasteiger partial charge is 0.486 e. The Bertz CT molecular complexity index is 798. The van der Waals surface area contributed by atoms with Gasteiger partial charge in [-0.2, -0.15) is 0 Å². The van der Waals surface area contributed by atoms with Gasteiger partial charge in [0.1, 0.15) is 0 Å². The van der Waals surface area contributed by atoms with Crippen molar-refractivity contribution in [3.8, 4) is 5.75 Å². The molecule has 2 N–H and O–H groups in total. The molecule has 2 aromatic rings. The van der Waals surface area contributed by atoms with Crippen LogP contribution in [0, 0.1) is 10.1 Å². The Morgan fingerprint density at radius 2 is 1.96 bits per heavy atom. The van der Waals surface area contributed by atoms with E-state index < -0.39 is 4.92 Å². The van der Waals surface area contributed by atoms with Gasteiger partial charge >= 0.3 is 5.69 Å². The zero-order chi connectivity index (χ0) is 17.6. The number of ether oxygens (including phenoxy) is 1. The number of hydrogen-bond donors (Lipinski definition) is 2. The lowest BCUT2D eigenvalue weighted by molar-refractivity contribution is -0.385. The minimum atomic E-state index is -0.502. The van der Waals surface area contributed by atoms with Crippen LogP contribution >= 0.6 is 12.4 Å². The third-order valence-electron chi connectivity index (χ3n) is 4.04. The van der Waals surface area contributed by atoms with Crippen LogP contribution in [0.2, 0.25) is 0 Å². The molecule has 26 heavy (non-hydrogen) atoms. The van der Waals surface area contributed by atoms with Crippen LogP contribution in [0.4, 0.5) is 5.69 Å². The van der Waals surface area contributed by atoms with Crippen molar-refractivity contribution in [3.05, 3.63) is 69.3 Å². The van der Waals surface area contributed by atoms with E-state index in [0.717, 1.165) is 18.7 Å². The van der Waals surface area contributed by atoms with Gasteiger partial charge in [0.25, 0.3) is 0 Å². The lowest BCUT2D eigenvalue weighted by Crippen LogP contribution is -2.24. The van der Waals surface area contributed by atoms with Gasteiger partial charge < -0.3 is 15.4 Å². The predicted octanol–water partition coefficient (Wildman–Crippen LogP) is 2.71. The van der Waals surface area contributed by atoms with Crippen molar-refractivity contribution >= 4 is 24.0 Å². The van der Waals surface area contributed by atoms with Gasteiger partial charge in [-0.05, 0) is 22.8 Å². The first-order valence-electron chi connectivity index (χ1n) is 8.08. The molecule has 0 bridgehead atoms. The minimum absolute atomic E-state index is 0. The molecule has 1 aliphatic rings. The highest BCUT2D eigenvalue weighted by Gasteiger charge is 2.14. The van der Waals surface area contributed by atoms with E-state index in [1.807, 2.05) is 6.07 Å². The highest BCUT2D eigenvalue weighted by atomic mass is 35.5. The molecule has 1 amide bonds. The standard InChI is InChI=1S/C18H19N3O4.ClH/c22-18(7-8-25-17-4-2-1-3-16(17)21(23)24)20-10-13-5-6-14-11-19-12-15(14)9-13;/h1-6,9,19H,7-8,10-12H2,(H,20,22);1H. The maximum absolute atomic E-state index is 11.9. The van der Waals surface area contributed by atoms with E-state index in [0.29, 0.717) is 6.54 Å². The molecule has 8 heteroatoms. The Kier molecular flexibility index (Phi) is 6.94. The molecule has 2 aromatic carbocycles. The highest BCUT2D eigenvalue weighted by Crippen LogP contribution is 2.25. The van der Waals surface area contributed by atoms with Crippen molar-refractivity contribution < 1.29 is 14.5 Å². The molecule has 138 valence electrons. The van der Waals surface area contributed by atoms with E-state index >= 15 is 0 Å². The first kappa shape index (κ1) is 19.7. The lowest BCUT2D eigenvalue weighted by Gasteiger charge is -2.08.